The van der Waals surface area contributed by atoms with Crippen molar-refractivity contribution in [1.29, 1.82) is 0 Å². The van der Waals surface area contributed by atoms with Crippen LogP contribution < -0.4 is 0 Å². The Morgan fingerprint density at radius 3 is 2.45 bits per heavy atom. The first-order valence-corrected chi connectivity index (χ1v) is 7.66. The van der Waals surface area contributed by atoms with Gasteiger partial charge in [-0.05, 0) is 26.7 Å². The summed E-state index contributed by atoms with van der Waals surface area (Å²) in [6.45, 7) is 9.59. The van der Waals surface area contributed by atoms with E-state index < -0.39 is 13.7 Å². The average Bonchev–Trinajstić information content (AvgIpc) is 2.35. The van der Waals surface area contributed by atoms with Crippen molar-refractivity contribution in [2.75, 3.05) is 13.2 Å². The summed E-state index contributed by atoms with van der Waals surface area (Å²) in [6, 6.07) is 0. The number of allylic oxidation sites excluding steroid dienone is 1. The Kier molecular flexibility index (Phi) is 8.81. The first kappa shape index (κ1) is 19.2. The number of carbonyl (C=O) groups excluding carboxylic acids is 1. The summed E-state index contributed by atoms with van der Waals surface area (Å²) < 4.78 is 19.3. The summed E-state index contributed by atoms with van der Waals surface area (Å²) in [5.74, 6) is -0.209. The summed E-state index contributed by atoms with van der Waals surface area (Å²) in [4.78, 5) is 25.0. The Hall–Kier alpha value is -0.810. The maximum atomic E-state index is 12.2. The lowest BCUT2D eigenvalue weighted by molar-refractivity contribution is -0.217. The molecule has 0 aromatic heterocycles. The average molecular weight is 307 g/mol. The molecule has 0 aliphatic rings. The predicted molar refractivity (Wildman–Crippen MR) is 74.8 cm³/mol. The largest absolute Gasteiger partial charge is 0.725 e. The van der Waals surface area contributed by atoms with Gasteiger partial charge in [-0.1, -0.05) is 31.9 Å². The Bertz CT molecular complexity index is 364. The maximum Gasteiger partial charge on any atom is 0.725 e. The first-order valence-electron chi connectivity index (χ1n) is 6.53. The van der Waals surface area contributed by atoms with E-state index in [0.29, 0.717) is 0 Å². The fourth-order valence-corrected chi connectivity index (χ4v) is 2.00. The molecule has 0 fully saturated rings. The molecule has 0 aromatic carbocycles. The zero-order chi connectivity index (χ0) is 15.8. The molecule has 0 rings (SSSR count). The van der Waals surface area contributed by atoms with Gasteiger partial charge >= 0.3 is 14.2 Å². The van der Waals surface area contributed by atoms with Gasteiger partial charge in [0.2, 0.25) is 0 Å². The van der Waals surface area contributed by atoms with Gasteiger partial charge in [-0.15, -0.1) is 4.89 Å². The van der Waals surface area contributed by atoms with Crippen molar-refractivity contribution < 1.29 is 28.6 Å². The number of carbonyl (C=O) groups is 1. The highest BCUT2D eigenvalue weighted by Crippen LogP contribution is 2.34. The molecule has 7 heteroatoms. The van der Waals surface area contributed by atoms with E-state index >= 15 is 0 Å². The fraction of sp³-hybridized carbons (Fsp3) is 0.769. The lowest BCUT2D eigenvalue weighted by Gasteiger charge is -2.30. The summed E-state index contributed by atoms with van der Waals surface area (Å²) in [6.07, 6.45) is 2.76. The van der Waals surface area contributed by atoms with Crippen molar-refractivity contribution in [3.05, 3.63) is 11.6 Å². The molecule has 0 spiro atoms. The second-order valence-electron chi connectivity index (χ2n) is 5.08. The summed E-state index contributed by atoms with van der Waals surface area (Å²) in [5, 5.41) is 0. The molecule has 0 radical (unpaired) electrons. The van der Waals surface area contributed by atoms with Gasteiger partial charge < -0.3 is 4.74 Å². The SMILES string of the molecule is CC[C@H](C)[C@@](C)(C=C(C)C)C(=O)OCCOO[P+](=O)O. The Morgan fingerprint density at radius 2 is 2.00 bits per heavy atom. The van der Waals surface area contributed by atoms with E-state index in [1.165, 1.54) is 0 Å². The van der Waals surface area contributed by atoms with Crippen LogP contribution in [0.15, 0.2) is 11.6 Å². The number of esters is 1. The molecule has 20 heavy (non-hydrogen) atoms. The van der Waals surface area contributed by atoms with Crippen LogP contribution in [0.1, 0.15) is 41.0 Å². The monoisotopic (exact) mass is 307 g/mol. The van der Waals surface area contributed by atoms with Crippen LogP contribution in [-0.2, 0) is 23.7 Å². The Labute approximate surface area is 121 Å². The number of ether oxygens (including phenoxy) is 1. The highest BCUT2D eigenvalue weighted by Gasteiger charge is 2.37. The van der Waals surface area contributed by atoms with E-state index in [1.54, 1.807) is 0 Å². The topological polar surface area (TPSA) is 82.1 Å². The molecule has 0 amide bonds. The molecule has 0 saturated carbocycles. The number of hydrogen-bond acceptors (Lipinski definition) is 5. The van der Waals surface area contributed by atoms with Gasteiger partial charge in [-0.2, -0.15) is 4.89 Å². The number of rotatable bonds is 9. The fourth-order valence-electron chi connectivity index (χ4n) is 1.83. The molecule has 6 nitrogen and oxygen atoms in total. The smallest absolute Gasteiger partial charge is 0.462 e. The van der Waals surface area contributed by atoms with Gasteiger partial charge in [0.25, 0.3) is 0 Å². The second-order valence-corrected chi connectivity index (χ2v) is 5.71. The normalized spacial score (nSPS) is 16.0. The minimum absolute atomic E-state index is 0.0371. The zero-order valence-corrected chi connectivity index (χ0v) is 13.6. The quantitative estimate of drug-likeness (QED) is 0.176. The standard InChI is InChI=1S/C13H23O6P/c1-6-11(4)13(5,9-10(2)3)12(14)17-7-8-18-19-20(15)16/h9,11H,6-8H2,1-5H3/p+1/t11-,13+/m0/s1. The molecular formula is C13H24O6P+. The predicted octanol–water partition coefficient (Wildman–Crippen LogP) is 3.15. The van der Waals surface area contributed by atoms with Crippen LogP contribution in [0.5, 0.6) is 0 Å². The first-order chi connectivity index (χ1) is 9.24. The van der Waals surface area contributed by atoms with E-state index in [0.717, 1.165) is 12.0 Å². The minimum Gasteiger partial charge on any atom is -0.462 e. The van der Waals surface area contributed by atoms with Crippen LogP contribution in [0.3, 0.4) is 0 Å². The number of hydrogen-bond donors (Lipinski definition) is 1. The maximum absolute atomic E-state index is 12.2. The third-order valence-electron chi connectivity index (χ3n) is 3.18. The molecule has 0 aromatic rings. The van der Waals surface area contributed by atoms with Crippen molar-refractivity contribution in [2.45, 2.75) is 41.0 Å². The second kappa shape index (κ2) is 9.19. The highest BCUT2D eigenvalue weighted by molar-refractivity contribution is 7.31. The van der Waals surface area contributed by atoms with Crippen LogP contribution in [0.2, 0.25) is 0 Å². The third kappa shape index (κ3) is 6.57. The van der Waals surface area contributed by atoms with Gasteiger partial charge in [0.1, 0.15) is 13.2 Å². The molecule has 0 heterocycles. The van der Waals surface area contributed by atoms with E-state index in [4.69, 9.17) is 9.63 Å². The molecule has 1 unspecified atom stereocenters. The summed E-state index contributed by atoms with van der Waals surface area (Å²) >= 11 is 0. The van der Waals surface area contributed by atoms with Gasteiger partial charge in [-0.3, -0.25) is 4.79 Å². The van der Waals surface area contributed by atoms with E-state index in [-0.39, 0.29) is 25.1 Å². The summed E-state index contributed by atoms with van der Waals surface area (Å²) in [5.41, 5.74) is 0.345. The molecule has 0 aliphatic carbocycles. The van der Waals surface area contributed by atoms with E-state index in [1.807, 2.05) is 40.7 Å². The van der Waals surface area contributed by atoms with Crippen LogP contribution in [0.25, 0.3) is 0 Å². The molecule has 3 atom stereocenters. The molecule has 116 valence electrons. The molecule has 1 N–H and O–H groups in total. The van der Waals surface area contributed by atoms with Crippen molar-refractivity contribution in [3.8, 4) is 0 Å². The lowest BCUT2D eigenvalue weighted by Crippen LogP contribution is -2.35. The summed E-state index contributed by atoms with van der Waals surface area (Å²) in [7, 11) is -2.80. The third-order valence-corrected chi connectivity index (χ3v) is 3.41. The van der Waals surface area contributed by atoms with Crippen LogP contribution in [-0.4, -0.2) is 24.1 Å². The molecule has 0 aliphatic heterocycles. The van der Waals surface area contributed by atoms with Gasteiger partial charge in [0.05, 0.1) is 10.1 Å². The molecule has 0 saturated heterocycles. The molecular weight excluding hydrogens is 283 g/mol. The van der Waals surface area contributed by atoms with Gasteiger partial charge in [-0.25, -0.2) is 0 Å². The van der Waals surface area contributed by atoms with Gasteiger partial charge in [0.15, 0.2) is 0 Å². The molecule has 0 bridgehead atoms. The van der Waals surface area contributed by atoms with Gasteiger partial charge in [0, 0.05) is 4.57 Å². The lowest BCUT2D eigenvalue weighted by atomic mass is 9.75. The van der Waals surface area contributed by atoms with Crippen molar-refractivity contribution >= 4 is 14.2 Å². The Morgan fingerprint density at radius 1 is 1.40 bits per heavy atom. The van der Waals surface area contributed by atoms with Crippen molar-refractivity contribution in [1.82, 2.24) is 0 Å². The highest BCUT2D eigenvalue weighted by atomic mass is 31.1. The Balaban J connectivity index is 4.51. The van der Waals surface area contributed by atoms with Crippen LogP contribution in [0.4, 0.5) is 0 Å². The van der Waals surface area contributed by atoms with Crippen LogP contribution >= 0.6 is 8.25 Å². The van der Waals surface area contributed by atoms with Crippen molar-refractivity contribution in [3.63, 3.8) is 0 Å². The zero-order valence-electron chi connectivity index (χ0n) is 12.7. The van der Waals surface area contributed by atoms with E-state index in [9.17, 15) is 9.36 Å². The van der Waals surface area contributed by atoms with Crippen LogP contribution in [0, 0.1) is 11.3 Å². The minimum atomic E-state index is -2.80. The van der Waals surface area contributed by atoms with Crippen molar-refractivity contribution in [2.24, 2.45) is 11.3 Å². The van der Waals surface area contributed by atoms with E-state index in [2.05, 4.69) is 9.56 Å².